The molecule has 0 atom stereocenters. The second kappa shape index (κ2) is 5.83. The van der Waals surface area contributed by atoms with Crippen molar-refractivity contribution in [1.29, 1.82) is 5.26 Å². The fourth-order valence-electron chi connectivity index (χ4n) is 1.59. The van der Waals surface area contributed by atoms with Gasteiger partial charge in [0.25, 0.3) is 5.91 Å². The normalized spacial score (nSPS) is 10.1. The molecule has 0 radical (unpaired) electrons. The van der Waals surface area contributed by atoms with Crippen molar-refractivity contribution in [3.8, 4) is 6.07 Å². The van der Waals surface area contributed by atoms with Crippen LogP contribution < -0.4 is 0 Å². The van der Waals surface area contributed by atoms with Gasteiger partial charge in [0.05, 0.1) is 6.07 Å². The smallest absolute Gasteiger partial charge is 0.254 e. The molecule has 0 aliphatic rings. The molecule has 1 aromatic carbocycles. The molecule has 0 N–H and O–H groups in total. The molecule has 0 heterocycles. The van der Waals surface area contributed by atoms with Crippen LogP contribution in [0.1, 0.15) is 29.8 Å². The monoisotopic (exact) mass is 294 g/mol. The van der Waals surface area contributed by atoms with Crippen LogP contribution in [0, 0.1) is 18.3 Å². The summed E-state index contributed by atoms with van der Waals surface area (Å²) in [5, 5.41) is 8.74. The molecule has 4 heteroatoms. The second-order valence-corrected chi connectivity index (χ2v) is 5.12. The molecule has 0 aliphatic heterocycles. The van der Waals surface area contributed by atoms with Crippen molar-refractivity contribution in [3.63, 3.8) is 0 Å². The molecular weight excluding hydrogens is 280 g/mol. The Labute approximate surface area is 110 Å². The van der Waals surface area contributed by atoms with Crippen LogP contribution in [0.2, 0.25) is 0 Å². The molecule has 0 aromatic heterocycles. The van der Waals surface area contributed by atoms with Gasteiger partial charge in [-0.05, 0) is 44.5 Å². The number of rotatable bonds is 3. The summed E-state index contributed by atoms with van der Waals surface area (Å²) in [4.78, 5) is 13.8. The van der Waals surface area contributed by atoms with Crippen molar-refractivity contribution in [2.24, 2.45) is 0 Å². The van der Waals surface area contributed by atoms with Crippen molar-refractivity contribution < 1.29 is 4.79 Å². The summed E-state index contributed by atoms with van der Waals surface area (Å²) in [6, 6.07) is 7.60. The van der Waals surface area contributed by atoms with Crippen LogP contribution in [0.15, 0.2) is 22.7 Å². The van der Waals surface area contributed by atoms with Gasteiger partial charge < -0.3 is 4.90 Å². The fourth-order valence-corrected chi connectivity index (χ4v) is 2.20. The molecule has 17 heavy (non-hydrogen) atoms. The lowest BCUT2D eigenvalue weighted by Gasteiger charge is -2.24. The Balaban J connectivity index is 3.05. The van der Waals surface area contributed by atoms with Gasteiger partial charge in [-0.25, -0.2) is 0 Å². The summed E-state index contributed by atoms with van der Waals surface area (Å²) < 4.78 is 0.876. The number of nitrogens with zero attached hydrogens (tertiary/aromatic N) is 2. The summed E-state index contributed by atoms with van der Waals surface area (Å²) in [5.74, 6) is -0.106. The number of benzene rings is 1. The van der Waals surface area contributed by atoms with Crippen LogP contribution in [0.25, 0.3) is 0 Å². The average Bonchev–Trinajstić information content (AvgIpc) is 2.23. The van der Waals surface area contributed by atoms with E-state index in [9.17, 15) is 4.79 Å². The maximum atomic E-state index is 12.2. The maximum absolute atomic E-state index is 12.2. The SMILES string of the molecule is Cc1cc(Br)cc(C(=O)N(CC#N)C(C)C)c1. The highest BCUT2D eigenvalue weighted by molar-refractivity contribution is 9.10. The number of carbonyl (C=O) groups excluding carboxylic acids is 1. The van der Waals surface area contributed by atoms with Crippen LogP contribution in [0.4, 0.5) is 0 Å². The van der Waals surface area contributed by atoms with Gasteiger partial charge in [-0.1, -0.05) is 15.9 Å². The lowest BCUT2D eigenvalue weighted by atomic mass is 10.1. The van der Waals surface area contributed by atoms with Gasteiger partial charge in [0.15, 0.2) is 0 Å². The number of halogens is 1. The molecule has 1 aromatic rings. The van der Waals surface area contributed by atoms with Gasteiger partial charge >= 0.3 is 0 Å². The van der Waals surface area contributed by atoms with Crippen molar-refractivity contribution in [2.45, 2.75) is 26.8 Å². The van der Waals surface area contributed by atoms with Gasteiger partial charge in [-0.3, -0.25) is 4.79 Å². The minimum Gasteiger partial charge on any atom is -0.323 e. The highest BCUT2D eigenvalue weighted by Crippen LogP contribution is 2.17. The molecule has 0 saturated carbocycles. The zero-order valence-electron chi connectivity index (χ0n) is 10.2. The third-order valence-electron chi connectivity index (χ3n) is 2.41. The lowest BCUT2D eigenvalue weighted by Crippen LogP contribution is -2.37. The number of nitriles is 1. The average molecular weight is 295 g/mol. The van der Waals surface area contributed by atoms with Crippen molar-refractivity contribution in [2.75, 3.05) is 6.54 Å². The van der Waals surface area contributed by atoms with Crippen LogP contribution in [-0.2, 0) is 0 Å². The van der Waals surface area contributed by atoms with E-state index in [0.717, 1.165) is 10.0 Å². The molecule has 0 spiro atoms. The number of hydrogen-bond donors (Lipinski definition) is 0. The van der Waals surface area contributed by atoms with Crippen LogP contribution in [0.5, 0.6) is 0 Å². The number of aryl methyl sites for hydroxylation is 1. The van der Waals surface area contributed by atoms with E-state index in [2.05, 4.69) is 15.9 Å². The fraction of sp³-hybridized carbons (Fsp3) is 0.385. The van der Waals surface area contributed by atoms with E-state index in [-0.39, 0.29) is 18.5 Å². The van der Waals surface area contributed by atoms with Gasteiger partial charge in [0.2, 0.25) is 0 Å². The molecule has 0 unspecified atom stereocenters. The number of hydrogen-bond acceptors (Lipinski definition) is 2. The summed E-state index contributed by atoms with van der Waals surface area (Å²) in [5.41, 5.74) is 1.63. The van der Waals surface area contributed by atoms with Crippen molar-refractivity contribution in [1.82, 2.24) is 4.90 Å². The summed E-state index contributed by atoms with van der Waals surface area (Å²) in [6.07, 6.45) is 0. The Hall–Kier alpha value is -1.34. The molecule has 0 bridgehead atoms. The van der Waals surface area contributed by atoms with Gasteiger partial charge in [0, 0.05) is 16.1 Å². The number of carbonyl (C=O) groups is 1. The van der Waals surface area contributed by atoms with E-state index in [4.69, 9.17) is 5.26 Å². The number of amides is 1. The first kappa shape index (κ1) is 13.7. The summed E-state index contributed by atoms with van der Waals surface area (Å²) in [6.45, 7) is 5.85. The largest absolute Gasteiger partial charge is 0.323 e. The minimum atomic E-state index is -0.106. The Morgan fingerprint density at radius 1 is 1.47 bits per heavy atom. The first-order valence-electron chi connectivity index (χ1n) is 5.41. The van der Waals surface area contributed by atoms with E-state index in [1.807, 2.05) is 39.0 Å². The van der Waals surface area contributed by atoms with E-state index < -0.39 is 0 Å². The molecule has 1 rings (SSSR count). The third kappa shape index (κ3) is 3.57. The molecule has 3 nitrogen and oxygen atoms in total. The molecule has 90 valence electrons. The highest BCUT2D eigenvalue weighted by Gasteiger charge is 2.18. The Bertz CT molecular complexity index is 443. The summed E-state index contributed by atoms with van der Waals surface area (Å²) in [7, 11) is 0. The van der Waals surface area contributed by atoms with Gasteiger partial charge in [0.1, 0.15) is 6.54 Å². The van der Waals surface area contributed by atoms with Gasteiger partial charge in [-0.2, -0.15) is 5.26 Å². The molecule has 0 fully saturated rings. The Morgan fingerprint density at radius 3 is 2.59 bits per heavy atom. The highest BCUT2D eigenvalue weighted by atomic mass is 79.9. The van der Waals surface area contributed by atoms with E-state index >= 15 is 0 Å². The minimum absolute atomic E-state index is 0.0152. The quantitative estimate of drug-likeness (QED) is 0.804. The van der Waals surface area contributed by atoms with Crippen molar-refractivity contribution >= 4 is 21.8 Å². The predicted octanol–water partition coefficient (Wildman–Crippen LogP) is 3.13. The molecular formula is C13H15BrN2O. The van der Waals surface area contributed by atoms with E-state index in [1.54, 1.807) is 11.0 Å². The van der Waals surface area contributed by atoms with E-state index in [1.165, 1.54) is 0 Å². The van der Waals surface area contributed by atoms with Crippen molar-refractivity contribution in [3.05, 3.63) is 33.8 Å². The van der Waals surface area contributed by atoms with Gasteiger partial charge in [-0.15, -0.1) is 0 Å². The molecule has 0 saturated heterocycles. The molecule has 0 aliphatic carbocycles. The van der Waals surface area contributed by atoms with Crippen LogP contribution in [-0.4, -0.2) is 23.4 Å². The molecule has 1 amide bonds. The zero-order chi connectivity index (χ0) is 13.0. The topological polar surface area (TPSA) is 44.1 Å². The van der Waals surface area contributed by atoms with Crippen LogP contribution >= 0.6 is 15.9 Å². The summed E-state index contributed by atoms with van der Waals surface area (Å²) >= 11 is 3.37. The van der Waals surface area contributed by atoms with Crippen LogP contribution in [0.3, 0.4) is 0 Å². The first-order valence-corrected chi connectivity index (χ1v) is 6.20. The first-order chi connectivity index (χ1) is 7.95. The van der Waals surface area contributed by atoms with E-state index in [0.29, 0.717) is 5.56 Å². The second-order valence-electron chi connectivity index (χ2n) is 4.20. The Morgan fingerprint density at radius 2 is 2.12 bits per heavy atom. The maximum Gasteiger partial charge on any atom is 0.254 e. The lowest BCUT2D eigenvalue weighted by molar-refractivity contribution is 0.0731. The third-order valence-corrected chi connectivity index (χ3v) is 2.87. The standard InChI is InChI=1S/C13H15BrN2O/c1-9(2)16(5-4-15)13(17)11-6-10(3)7-12(14)8-11/h6-9H,5H2,1-3H3. The zero-order valence-corrected chi connectivity index (χ0v) is 11.8. The predicted molar refractivity (Wildman–Crippen MR) is 70.7 cm³/mol. The Kier molecular flexibility index (Phi) is 4.71.